The molecule has 0 unspecified atom stereocenters. The molecule has 13 atom stereocenters. The number of amides is 10. The maximum atomic E-state index is 14.3. The summed E-state index contributed by atoms with van der Waals surface area (Å²) in [5, 5.41) is 82.9. The molecule has 0 saturated heterocycles. The number of aliphatic hydroxyl groups excluding tert-OH is 1. The van der Waals surface area contributed by atoms with Gasteiger partial charge in [-0.1, -0.05) is 60.1 Å². The van der Waals surface area contributed by atoms with Crippen molar-refractivity contribution >= 4 is 88.9 Å². The second-order valence-electron chi connectivity index (χ2n) is 24.0. The Morgan fingerprint density at radius 2 is 0.884 bits per heavy atom. The monoisotopic (exact) mass is 1350 g/mol. The number of carbonyl (C=O) groups is 14. The zero-order valence-electron chi connectivity index (χ0n) is 54.9. The van der Waals surface area contributed by atoms with Gasteiger partial charge in [0, 0.05) is 25.8 Å². The molecule has 24 N–H and O–H groups in total. The molecular weight excluding hydrogens is 1250 g/mol. The largest absolute Gasteiger partial charge is 0.508 e. The first-order chi connectivity index (χ1) is 44.4. The zero-order chi connectivity index (χ0) is 72.4. The summed E-state index contributed by atoms with van der Waals surface area (Å²) in [6.07, 6.45) is -4.85. The van der Waals surface area contributed by atoms with Crippen LogP contribution in [0.15, 0.2) is 29.3 Å². The lowest BCUT2D eigenvalue weighted by Crippen LogP contribution is -2.61. The number of nitrogens with one attached hydrogen (secondary N) is 10. The van der Waals surface area contributed by atoms with Crippen LogP contribution < -0.4 is 76.1 Å². The number of nitrogens with zero attached hydrogens (tertiary/aromatic N) is 1. The van der Waals surface area contributed by atoms with Crippen molar-refractivity contribution in [3.05, 3.63) is 29.8 Å². The first kappa shape index (κ1) is 83.8. The van der Waals surface area contributed by atoms with E-state index in [9.17, 15) is 97.8 Å². The highest BCUT2D eigenvalue weighted by Gasteiger charge is 2.38. The van der Waals surface area contributed by atoms with Crippen LogP contribution >= 0.6 is 0 Å². The SMILES string of the molecule is CC[C@H](C)[C@H](NC(=O)[C@H](CC(C)C)NC(=O)[C@H](CC(=O)O)NC(=O)[C@H](CCC(=O)O)NC(=O)[C@H](CCCN=C(N)N)NC(=O)[C@H](CCC(=O)O)NC(=O)[C@@H](N)[C@@H](C)O)C(=O)N[C@@H](C)C(=O)N[C@@H](Cc1ccc(O)cc1)C(=O)N[C@@H](CC(C)C)C(=O)N[C@@H](CCCCN)C(=O)O. The van der Waals surface area contributed by atoms with Gasteiger partial charge in [-0.3, -0.25) is 67.3 Å². The molecule has 0 bridgehead atoms. The van der Waals surface area contributed by atoms with Gasteiger partial charge in [0.15, 0.2) is 5.96 Å². The van der Waals surface area contributed by atoms with Crippen molar-refractivity contribution in [2.75, 3.05) is 13.1 Å². The van der Waals surface area contributed by atoms with E-state index in [0.29, 0.717) is 24.9 Å². The highest BCUT2D eigenvalue weighted by molar-refractivity contribution is 6.00. The number of benzene rings is 1. The number of aliphatic imine (C=N–C) groups is 1. The third-order valence-corrected chi connectivity index (χ3v) is 14.8. The Morgan fingerprint density at radius 1 is 0.474 bits per heavy atom. The smallest absolute Gasteiger partial charge is 0.326 e. The minimum atomic E-state index is -2.06. The Bertz CT molecular complexity index is 2800. The molecule has 1 rings (SSSR count). The number of phenolic OH excluding ortho intramolecular Hbond substituents is 1. The molecule has 0 aliphatic heterocycles. The molecule has 0 aliphatic rings. The molecule has 95 heavy (non-hydrogen) atoms. The molecule has 0 radical (unpaired) electrons. The maximum absolute atomic E-state index is 14.3. The fourth-order valence-electron chi connectivity index (χ4n) is 9.20. The predicted octanol–water partition coefficient (Wildman–Crippen LogP) is -3.88. The van der Waals surface area contributed by atoms with Crippen LogP contribution in [-0.2, 0) is 73.5 Å². The highest BCUT2D eigenvalue weighted by atomic mass is 16.4. The molecule has 0 aromatic heterocycles. The fourth-order valence-corrected chi connectivity index (χ4v) is 9.20. The third-order valence-electron chi connectivity index (χ3n) is 14.8. The number of hydrogen-bond donors (Lipinski definition) is 20. The topological polar surface area (TPSA) is 597 Å². The Hall–Kier alpha value is -9.25. The molecule has 1 aromatic carbocycles. The van der Waals surface area contributed by atoms with Crippen molar-refractivity contribution in [2.45, 2.75) is 218 Å². The summed E-state index contributed by atoms with van der Waals surface area (Å²) >= 11 is 0. The van der Waals surface area contributed by atoms with E-state index in [4.69, 9.17) is 22.9 Å². The molecule has 0 fully saturated rings. The average Bonchev–Trinajstić information content (AvgIpc) is 0.876. The van der Waals surface area contributed by atoms with E-state index in [0.717, 1.165) is 0 Å². The van der Waals surface area contributed by atoms with E-state index in [2.05, 4.69) is 58.2 Å². The Kier molecular flexibility index (Phi) is 37.8. The highest BCUT2D eigenvalue weighted by Crippen LogP contribution is 2.16. The number of carboxylic acids is 4. The Morgan fingerprint density at radius 3 is 1.33 bits per heavy atom. The predicted molar refractivity (Wildman–Crippen MR) is 341 cm³/mol. The number of carboxylic acid groups (broad SMARTS) is 4. The van der Waals surface area contributed by atoms with Gasteiger partial charge < -0.3 is 107 Å². The molecule has 35 nitrogen and oxygen atoms in total. The number of aliphatic carboxylic acids is 4. The van der Waals surface area contributed by atoms with Crippen LogP contribution in [0.25, 0.3) is 0 Å². The van der Waals surface area contributed by atoms with Gasteiger partial charge in [-0.25, -0.2) is 4.79 Å². The van der Waals surface area contributed by atoms with E-state index in [1.165, 1.54) is 38.1 Å². The van der Waals surface area contributed by atoms with Gasteiger partial charge in [0.2, 0.25) is 59.1 Å². The quantitative estimate of drug-likeness (QED) is 0.0169. The number of carbonyl (C=O) groups excluding carboxylic acids is 10. The van der Waals surface area contributed by atoms with Crippen molar-refractivity contribution in [3.63, 3.8) is 0 Å². The molecule has 534 valence electrons. The molecule has 0 spiro atoms. The molecule has 0 aliphatic carbocycles. The summed E-state index contributed by atoms with van der Waals surface area (Å²) < 4.78 is 0. The first-order valence-corrected chi connectivity index (χ1v) is 31.3. The molecular formula is C60H99N15O20. The lowest BCUT2D eigenvalue weighted by atomic mass is 9.96. The van der Waals surface area contributed by atoms with Gasteiger partial charge in [-0.2, -0.15) is 0 Å². The number of guanidine groups is 1. The van der Waals surface area contributed by atoms with Crippen molar-refractivity contribution in [1.82, 2.24) is 53.2 Å². The van der Waals surface area contributed by atoms with Crippen LogP contribution in [0.1, 0.15) is 144 Å². The zero-order valence-corrected chi connectivity index (χ0v) is 54.9. The molecule has 0 saturated carbocycles. The van der Waals surface area contributed by atoms with E-state index in [1.807, 2.05) is 0 Å². The lowest BCUT2D eigenvalue weighted by molar-refractivity contribution is -0.143. The Balaban J connectivity index is 3.62. The Labute approximate surface area is 550 Å². The van der Waals surface area contributed by atoms with Crippen molar-refractivity contribution < 1.29 is 97.8 Å². The van der Waals surface area contributed by atoms with Gasteiger partial charge in [0.25, 0.3) is 0 Å². The fraction of sp³-hybridized carbons (Fsp3) is 0.650. The van der Waals surface area contributed by atoms with E-state index in [1.54, 1.807) is 41.5 Å². The second-order valence-corrected chi connectivity index (χ2v) is 24.0. The first-order valence-electron chi connectivity index (χ1n) is 31.3. The van der Waals surface area contributed by atoms with Crippen LogP contribution in [0.4, 0.5) is 0 Å². The standard InChI is InChI=1S/C60H99N15O20/c1-9-31(6)48(58(93)66-32(7)49(84)71-42(27-34-15-17-35(77)18-16-34)54(89)72-40(25-29(2)3)53(88)70-39(59(94)95)13-10-11-23-61)75-56(91)41(26-30(4)5)73-55(90)43(28-46(82)83)74-52(87)37(19-21-44(78)79)68-50(85)36(14-12-24-65-60(63)64)67-51(86)38(20-22-45(80)81)69-57(92)47(62)33(8)76/h15-18,29-33,36-43,47-48,76-77H,9-14,19-28,61-62H2,1-8H3,(H,66,93)(H,67,86)(H,68,85)(H,69,92)(H,70,88)(H,71,84)(H,72,89)(H,73,90)(H,74,87)(H,75,91)(H,78,79)(H,80,81)(H,82,83)(H,94,95)(H4,63,64,65)/t31-,32-,33+,36-,37-,38-,39-,40-,41-,42-,43-,47-,48-/m0/s1. The van der Waals surface area contributed by atoms with Gasteiger partial charge in [-0.05, 0) is 114 Å². The number of aliphatic hydroxyl groups is 1. The third kappa shape index (κ3) is 32.9. The maximum Gasteiger partial charge on any atom is 0.326 e. The molecule has 35 heteroatoms. The summed E-state index contributed by atoms with van der Waals surface area (Å²) in [6.45, 7) is 12.7. The lowest BCUT2D eigenvalue weighted by Gasteiger charge is -2.29. The average molecular weight is 1350 g/mol. The van der Waals surface area contributed by atoms with Crippen LogP contribution in [0.3, 0.4) is 0 Å². The van der Waals surface area contributed by atoms with E-state index >= 15 is 0 Å². The summed E-state index contributed by atoms with van der Waals surface area (Å²) in [7, 11) is 0. The molecule has 0 heterocycles. The van der Waals surface area contributed by atoms with Gasteiger partial charge in [-0.15, -0.1) is 0 Å². The van der Waals surface area contributed by atoms with Crippen LogP contribution in [0.5, 0.6) is 5.75 Å². The minimum Gasteiger partial charge on any atom is -0.508 e. The summed E-state index contributed by atoms with van der Waals surface area (Å²) in [5.74, 6) is -18.1. The minimum absolute atomic E-state index is 0.0528. The van der Waals surface area contributed by atoms with Crippen LogP contribution in [-0.4, -0.2) is 205 Å². The summed E-state index contributed by atoms with van der Waals surface area (Å²) in [6, 6.07) is -11.7. The number of hydrogen-bond acceptors (Lipinski definition) is 19. The molecule has 10 amide bonds. The van der Waals surface area contributed by atoms with Crippen LogP contribution in [0, 0.1) is 17.8 Å². The summed E-state index contributed by atoms with van der Waals surface area (Å²) in [4.78, 5) is 191. The number of rotatable bonds is 46. The van der Waals surface area contributed by atoms with E-state index < -0.39 is 199 Å². The van der Waals surface area contributed by atoms with Gasteiger partial charge in [0.05, 0.1) is 12.5 Å². The van der Waals surface area contributed by atoms with Crippen molar-refractivity contribution in [2.24, 2.45) is 45.7 Å². The number of unbranched alkanes of at least 4 members (excludes halogenated alkanes) is 1. The number of phenols is 1. The second kappa shape index (κ2) is 42.9. The van der Waals surface area contributed by atoms with Crippen molar-refractivity contribution in [1.29, 1.82) is 0 Å². The summed E-state index contributed by atoms with van der Waals surface area (Å²) in [5.41, 5.74) is 22.6. The van der Waals surface area contributed by atoms with Crippen molar-refractivity contribution in [3.8, 4) is 5.75 Å². The van der Waals surface area contributed by atoms with Gasteiger partial charge >= 0.3 is 23.9 Å². The van der Waals surface area contributed by atoms with E-state index in [-0.39, 0.29) is 69.1 Å². The number of nitrogens with two attached hydrogens (primary N) is 4. The normalized spacial score (nSPS) is 15.3. The number of aromatic hydroxyl groups is 1. The van der Waals surface area contributed by atoms with Crippen LogP contribution in [0.2, 0.25) is 0 Å². The molecule has 1 aromatic rings. The van der Waals surface area contributed by atoms with Gasteiger partial charge in [0.1, 0.15) is 72.2 Å².